The molecule has 1 saturated carbocycles. The molecule has 1 aromatic carbocycles. The van der Waals surface area contributed by atoms with Crippen LogP contribution in [0.15, 0.2) is 18.2 Å². The molecule has 1 heterocycles. The van der Waals surface area contributed by atoms with Gasteiger partial charge in [-0.3, -0.25) is 9.69 Å². The van der Waals surface area contributed by atoms with Gasteiger partial charge in [0.05, 0.1) is 14.2 Å². The van der Waals surface area contributed by atoms with Gasteiger partial charge in [0.25, 0.3) is 0 Å². The quantitative estimate of drug-likeness (QED) is 0.817. The lowest BCUT2D eigenvalue weighted by atomic mass is 9.77. The molecule has 1 aromatic rings. The molecule has 0 bridgehead atoms. The summed E-state index contributed by atoms with van der Waals surface area (Å²) in [5.74, 6) is 0.581. The highest BCUT2D eigenvalue weighted by molar-refractivity contribution is 5.94. The van der Waals surface area contributed by atoms with E-state index in [2.05, 4.69) is 5.32 Å². The summed E-state index contributed by atoms with van der Waals surface area (Å²) in [6.07, 6.45) is 3.35. The zero-order valence-corrected chi connectivity index (χ0v) is 15.9. The molecule has 2 aliphatic rings. The van der Waals surface area contributed by atoms with Crippen LogP contribution in [-0.4, -0.2) is 54.1 Å². The van der Waals surface area contributed by atoms with Gasteiger partial charge < -0.3 is 24.6 Å². The van der Waals surface area contributed by atoms with Crippen molar-refractivity contribution in [1.82, 2.24) is 4.90 Å². The van der Waals surface area contributed by atoms with Crippen LogP contribution in [0.4, 0.5) is 10.5 Å². The van der Waals surface area contributed by atoms with Crippen molar-refractivity contribution in [2.75, 3.05) is 26.1 Å². The van der Waals surface area contributed by atoms with Gasteiger partial charge in [-0.25, -0.2) is 4.79 Å². The molecule has 2 N–H and O–H groups in total. The number of hydrogen-bond acceptors (Lipinski definition) is 6. The van der Waals surface area contributed by atoms with E-state index < -0.39 is 23.3 Å². The van der Waals surface area contributed by atoms with Gasteiger partial charge in [0, 0.05) is 11.8 Å². The molecule has 1 aliphatic carbocycles. The summed E-state index contributed by atoms with van der Waals surface area (Å²) >= 11 is 0. The van der Waals surface area contributed by atoms with E-state index >= 15 is 0 Å². The van der Waals surface area contributed by atoms with Crippen molar-refractivity contribution in [3.63, 3.8) is 0 Å². The molecule has 148 valence electrons. The van der Waals surface area contributed by atoms with Crippen LogP contribution >= 0.6 is 0 Å². The molecular formula is C19H26N2O6. The SMILES string of the molecule is COc1ccc(NC(=O)CN2C(=O)OC3(CCCCC3)C2(C)O)cc1OC. The van der Waals surface area contributed by atoms with E-state index in [1.54, 1.807) is 25.1 Å². The number of benzene rings is 1. The first kappa shape index (κ1) is 19.3. The zero-order chi connectivity index (χ0) is 19.7. The van der Waals surface area contributed by atoms with Crippen molar-refractivity contribution in [2.45, 2.75) is 50.4 Å². The summed E-state index contributed by atoms with van der Waals surface area (Å²) < 4.78 is 15.9. The molecule has 2 amide bonds. The lowest BCUT2D eigenvalue weighted by molar-refractivity contribution is -0.160. The summed E-state index contributed by atoms with van der Waals surface area (Å²) in [7, 11) is 3.03. The Morgan fingerprint density at radius 1 is 1.22 bits per heavy atom. The number of aliphatic hydroxyl groups is 1. The fourth-order valence-corrected chi connectivity index (χ4v) is 3.92. The molecule has 1 saturated heterocycles. The van der Waals surface area contributed by atoms with Crippen LogP contribution in [0, 0.1) is 0 Å². The highest BCUT2D eigenvalue weighted by Gasteiger charge is 2.62. The number of amides is 2. The number of carbonyl (C=O) groups is 2. The predicted molar refractivity (Wildman–Crippen MR) is 97.8 cm³/mol. The monoisotopic (exact) mass is 378 g/mol. The van der Waals surface area contributed by atoms with Gasteiger partial charge in [-0.05, 0) is 44.7 Å². The third-order valence-corrected chi connectivity index (χ3v) is 5.52. The van der Waals surface area contributed by atoms with Crippen molar-refractivity contribution in [2.24, 2.45) is 0 Å². The molecular weight excluding hydrogens is 352 g/mol. The number of hydrogen-bond donors (Lipinski definition) is 2. The van der Waals surface area contributed by atoms with Gasteiger partial charge in [-0.15, -0.1) is 0 Å². The Balaban J connectivity index is 1.71. The van der Waals surface area contributed by atoms with Gasteiger partial charge in [-0.1, -0.05) is 6.42 Å². The summed E-state index contributed by atoms with van der Waals surface area (Å²) in [4.78, 5) is 26.0. The molecule has 8 nitrogen and oxygen atoms in total. The van der Waals surface area contributed by atoms with Gasteiger partial charge >= 0.3 is 6.09 Å². The number of rotatable bonds is 5. The highest BCUT2D eigenvalue weighted by Crippen LogP contribution is 2.46. The second kappa shape index (κ2) is 7.26. The van der Waals surface area contributed by atoms with Crippen molar-refractivity contribution < 1.29 is 28.9 Å². The van der Waals surface area contributed by atoms with Crippen LogP contribution < -0.4 is 14.8 Å². The normalized spacial score (nSPS) is 23.9. The maximum atomic E-state index is 12.5. The second-order valence-electron chi connectivity index (χ2n) is 7.15. The molecule has 1 atom stereocenters. The van der Waals surface area contributed by atoms with Crippen molar-refractivity contribution in [3.05, 3.63) is 18.2 Å². The molecule has 0 aromatic heterocycles. The van der Waals surface area contributed by atoms with E-state index in [-0.39, 0.29) is 6.54 Å². The van der Waals surface area contributed by atoms with E-state index in [1.807, 2.05) is 0 Å². The third-order valence-electron chi connectivity index (χ3n) is 5.52. The Morgan fingerprint density at radius 2 is 1.89 bits per heavy atom. The number of anilines is 1. The summed E-state index contributed by atoms with van der Waals surface area (Å²) in [6, 6.07) is 4.97. The minimum Gasteiger partial charge on any atom is -0.493 e. The van der Waals surface area contributed by atoms with E-state index in [0.29, 0.717) is 30.0 Å². The molecule has 2 fully saturated rings. The fourth-order valence-electron chi connectivity index (χ4n) is 3.92. The van der Waals surface area contributed by atoms with Crippen molar-refractivity contribution in [1.29, 1.82) is 0 Å². The van der Waals surface area contributed by atoms with Crippen LogP contribution in [0.2, 0.25) is 0 Å². The Morgan fingerprint density at radius 3 is 2.52 bits per heavy atom. The Labute approximate surface area is 158 Å². The molecule has 1 aliphatic heterocycles. The number of carbonyl (C=O) groups excluding carboxylic acids is 2. The molecule has 27 heavy (non-hydrogen) atoms. The molecule has 3 rings (SSSR count). The number of nitrogens with one attached hydrogen (secondary N) is 1. The minimum absolute atomic E-state index is 0.304. The molecule has 0 radical (unpaired) electrons. The largest absolute Gasteiger partial charge is 0.493 e. The van der Waals surface area contributed by atoms with E-state index in [9.17, 15) is 14.7 Å². The summed E-state index contributed by atoms with van der Waals surface area (Å²) in [5.41, 5.74) is -1.97. The Kier molecular flexibility index (Phi) is 5.19. The van der Waals surface area contributed by atoms with Crippen LogP contribution in [0.1, 0.15) is 39.0 Å². The van der Waals surface area contributed by atoms with Gasteiger partial charge in [0.15, 0.2) is 22.8 Å². The molecule has 1 unspecified atom stereocenters. The molecule has 8 heteroatoms. The summed E-state index contributed by atoms with van der Waals surface area (Å²) in [6.45, 7) is 1.24. The number of ether oxygens (including phenoxy) is 3. The van der Waals surface area contributed by atoms with E-state index in [1.165, 1.54) is 14.2 Å². The van der Waals surface area contributed by atoms with Gasteiger partial charge in [0.1, 0.15) is 6.54 Å². The first-order chi connectivity index (χ1) is 12.8. The van der Waals surface area contributed by atoms with Crippen LogP contribution in [0.3, 0.4) is 0 Å². The average molecular weight is 378 g/mol. The van der Waals surface area contributed by atoms with E-state index in [4.69, 9.17) is 14.2 Å². The topological polar surface area (TPSA) is 97.3 Å². The van der Waals surface area contributed by atoms with Crippen molar-refractivity contribution >= 4 is 17.7 Å². The lowest BCUT2D eigenvalue weighted by Crippen LogP contribution is -2.58. The first-order valence-corrected chi connectivity index (χ1v) is 9.08. The van der Waals surface area contributed by atoms with E-state index in [0.717, 1.165) is 24.2 Å². The second-order valence-corrected chi connectivity index (χ2v) is 7.15. The van der Waals surface area contributed by atoms with Crippen LogP contribution in [-0.2, 0) is 9.53 Å². The Hall–Kier alpha value is -2.48. The minimum atomic E-state index is -1.53. The standard InChI is InChI=1S/C19H26N2O6/c1-18(24)19(9-5-4-6-10-19)27-17(23)21(18)12-16(22)20-13-7-8-14(25-2)15(11-13)26-3/h7-8,11,24H,4-6,9-10,12H2,1-3H3,(H,20,22). The number of methoxy groups -OCH3 is 2. The smallest absolute Gasteiger partial charge is 0.413 e. The average Bonchev–Trinajstić information content (AvgIpc) is 2.82. The Bertz CT molecular complexity index is 727. The van der Waals surface area contributed by atoms with Gasteiger partial charge in [-0.2, -0.15) is 0 Å². The van der Waals surface area contributed by atoms with Crippen LogP contribution in [0.5, 0.6) is 11.5 Å². The summed E-state index contributed by atoms with van der Waals surface area (Å²) in [5, 5.41) is 13.7. The third kappa shape index (κ3) is 3.41. The van der Waals surface area contributed by atoms with Crippen molar-refractivity contribution in [3.8, 4) is 11.5 Å². The maximum Gasteiger partial charge on any atom is 0.413 e. The molecule has 1 spiro atoms. The highest BCUT2D eigenvalue weighted by atomic mass is 16.6. The predicted octanol–water partition coefficient (Wildman–Crippen LogP) is 2.51. The number of nitrogens with zero attached hydrogens (tertiary/aromatic N) is 1. The zero-order valence-electron chi connectivity index (χ0n) is 15.9. The van der Waals surface area contributed by atoms with Gasteiger partial charge in [0.2, 0.25) is 5.91 Å². The maximum absolute atomic E-state index is 12.5. The van der Waals surface area contributed by atoms with Crippen LogP contribution in [0.25, 0.3) is 0 Å². The fraction of sp³-hybridized carbons (Fsp3) is 0.579. The first-order valence-electron chi connectivity index (χ1n) is 9.08. The lowest BCUT2D eigenvalue weighted by Gasteiger charge is -2.41.